The van der Waals surface area contributed by atoms with Crippen LogP contribution in [-0.2, 0) is 18.4 Å². The number of phosphoric acid groups is 1. The van der Waals surface area contributed by atoms with Crippen LogP contribution in [-0.4, -0.2) is 68.5 Å². The van der Waals surface area contributed by atoms with Gasteiger partial charge in [-0.15, -0.1) is 0 Å². The van der Waals surface area contributed by atoms with Gasteiger partial charge in [-0.2, -0.15) is 0 Å². The Balaban J connectivity index is 4.26. The van der Waals surface area contributed by atoms with Gasteiger partial charge in [-0.1, -0.05) is 226 Å². The van der Waals surface area contributed by atoms with Crippen LogP contribution >= 0.6 is 7.82 Å². The largest absolute Gasteiger partial charge is 0.756 e. The number of phosphoric ester groups is 1. The summed E-state index contributed by atoms with van der Waals surface area (Å²) in [6.07, 6.45) is 43.9. The van der Waals surface area contributed by atoms with Gasteiger partial charge in [-0.05, 0) is 12.8 Å². The number of nitrogens with zero attached hydrogens (tertiary/aromatic N) is 1. The van der Waals surface area contributed by atoms with Gasteiger partial charge in [0.25, 0.3) is 7.82 Å². The lowest BCUT2D eigenvalue weighted by molar-refractivity contribution is -0.870. The van der Waals surface area contributed by atoms with E-state index in [4.69, 9.17) is 9.05 Å². The van der Waals surface area contributed by atoms with Gasteiger partial charge >= 0.3 is 0 Å². The molecule has 2 N–H and O–H groups in total. The highest BCUT2D eigenvalue weighted by molar-refractivity contribution is 7.45. The summed E-state index contributed by atoms with van der Waals surface area (Å²) in [7, 11) is 1.32. The molecule has 0 aromatic heterocycles. The number of aliphatic hydroxyl groups is 1. The first-order valence-electron chi connectivity index (χ1n) is 24.4. The first kappa shape index (κ1) is 55.5. The summed E-state index contributed by atoms with van der Waals surface area (Å²) in [5.41, 5.74) is 0. The van der Waals surface area contributed by atoms with E-state index in [1.54, 1.807) is 0 Å². The van der Waals surface area contributed by atoms with Crippen LogP contribution in [0.5, 0.6) is 0 Å². The summed E-state index contributed by atoms with van der Waals surface area (Å²) >= 11 is 0. The van der Waals surface area contributed by atoms with Crippen molar-refractivity contribution in [2.45, 2.75) is 257 Å². The van der Waals surface area contributed by atoms with Gasteiger partial charge in [0.15, 0.2) is 0 Å². The summed E-state index contributed by atoms with van der Waals surface area (Å²) in [6.45, 7) is 4.75. The summed E-state index contributed by atoms with van der Waals surface area (Å²) < 4.78 is 23.3. The van der Waals surface area contributed by atoms with Gasteiger partial charge < -0.3 is 28.8 Å². The number of nitrogens with one attached hydrogen (secondary N) is 1. The van der Waals surface area contributed by atoms with Crippen LogP contribution in [0, 0.1) is 0 Å². The summed E-state index contributed by atoms with van der Waals surface area (Å²) in [5.74, 6) is -0.159. The average Bonchev–Trinajstić information content (AvgIpc) is 3.15. The van der Waals surface area contributed by atoms with E-state index in [0.29, 0.717) is 23.9 Å². The number of aliphatic hydroxyl groups excluding tert-OH is 1. The lowest BCUT2D eigenvalue weighted by atomic mass is 10.0. The number of amides is 1. The SMILES string of the molecule is CCCCCCCCCCCCCCCCCCCCC(=O)N[C@@H](COP(=O)([O-])OCC[N+](C)(C)C)[C@H](O)CCCCCCCCCCCCCCCCCC. The molecule has 0 bridgehead atoms. The van der Waals surface area contributed by atoms with Crippen LogP contribution in [0.3, 0.4) is 0 Å². The van der Waals surface area contributed by atoms with E-state index < -0.39 is 20.0 Å². The maximum absolute atomic E-state index is 12.9. The second kappa shape index (κ2) is 39.9. The van der Waals surface area contributed by atoms with Gasteiger partial charge in [0.05, 0.1) is 39.9 Å². The molecule has 0 saturated heterocycles. The maximum atomic E-state index is 12.9. The standard InChI is InChI=1S/C47H97N2O6P/c1-6-8-10-12-14-16-18-20-22-24-25-27-29-31-33-35-37-39-41-47(51)48-45(44-55-56(52,53)54-43-42-49(3,4)5)46(50)40-38-36-34-32-30-28-26-23-21-19-17-15-13-11-9-7-2/h45-46,50H,6-44H2,1-5H3,(H-,48,51,52,53)/t45-,46+/m0/s1. The van der Waals surface area contributed by atoms with Crippen LogP contribution < -0.4 is 10.2 Å². The van der Waals surface area contributed by atoms with Crippen molar-refractivity contribution in [2.24, 2.45) is 0 Å². The zero-order valence-corrected chi connectivity index (χ0v) is 39.0. The Bertz CT molecular complexity index is 885. The van der Waals surface area contributed by atoms with Crippen molar-refractivity contribution in [3.63, 3.8) is 0 Å². The molecule has 9 heteroatoms. The minimum atomic E-state index is -4.56. The molecule has 1 amide bonds. The Morgan fingerprint density at radius 3 is 1.21 bits per heavy atom. The average molecular weight is 817 g/mol. The van der Waals surface area contributed by atoms with Gasteiger partial charge in [0.1, 0.15) is 13.2 Å². The first-order chi connectivity index (χ1) is 27.0. The second-order valence-corrected chi connectivity index (χ2v) is 19.6. The molecule has 8 nitrogen and oxygen atoms in total. The Morgan fingerprint density at radius 1 is 0.554 bits per heavy atom. The molecule has 0 heterocycles. The number of unbranched alkanes of at least 4 members (excludes halogenated alkanes) is 32. The van der Waals surface area contributed by atoms with Crippen molar-refractivity contribution in [3.8, 4) is 0 Å². The third kappa shape index (κ3) is 41.7. The minimum absolute atomic E-state index is 0.0163. The third-order valence-electron chi connectivity index (χ3n) is 11.3. The molecule has 0 aromatic carbocycles. The predicted molar refractivity (Wildman–Crippen MR) is 238 cm³/mol. The molecule has 0 spiro atoms. The number of hydrogen-bond donors (Lipinski definition) is 2. The zero-order chi connectivity index (χ0) is 41.4. The Hall–Kier alpha value is -0.500. The van der Waals surface area contributed by atoms with Gasteiger partial charge in [0.2, 0.25) is 5.91 Å². The zero-order valence-electron chi connectivity index (χ0n) is 38.1. The molecule has 0 fully saturated rings. The smallest absolute Gasteiger partial charge is 0.268 e. The van der Waals surface area contributed by atoms with Crippen molar-refractivity contribution in [2.75, 3.05) is 40.9 Å². The number of hydrogen-bond acceptors (Lipinski definition) is 6. The number of quaternary nitrogens is 1. The summed E-state index contributed by atoms with van der Waals surface area (Å²) in [6, 6.07) is -0.793. The van der Waals surface area contributed by atoms with Crippen LogP contribution in [0.2, 0.25) is 0 Å². The predicted octanol–water partition coefficient (Wildman–Crippen LogP) is 13.1. The quantitative estimate of drug-likeness (QED) is 0.0360. The van der Waals surface area contributed by atoms with Crippen LogP contribution in [0.25, 0.3) is 0 Å². The molecular weight excluding hydrogens is 719 g/mol. The topological polar surface area (TPSA) is 108 Å². The molecule has 0 rings (SSSR count). The normalized spacial score (nSPS) is 14.2. The van der Waals surface area contributed by atoms with E-state index in [9.17, 15) is 19.4 Å². The van der Waals surface area contributed by atoms with Crippen molar-refractivity contribution < 1.29 is 32.9 Å². The van der Waals surface area contributed by atoms with Crippen molar-refractivity contribution in [1.29, 1.82) is 0 Å². The van der Waals surface area contributed by atoms with Gasteiger partial charge in [-0.25, -0.2) is 0 Å². The highest BCUT2D eigenvalue weighted by Crippen LogP contribution is 2.38. The van der Waals surface area contributed by atoms with Crippen LogP contribution in [0.4, 0.5) is 0 Å². The van der Waals surface area contributed by atoms with E-state index in [1.165, 1.54) is 180 Å². The lowest BCUT2D eigenvalue weighted by Crippen LogP contribution is -2.46. The molecule has 0 aromatic rings. The molecule has 0 aliphatic carbocycles. The van der Waals surface area contributed by atoms with Crippen molar-refractivity contribution in [1.82, 2.24) is 5.32 Å². The van der Waals surface area contributed by atoms with E-state index in [2.05, 4.69) is 19.2 Å². The van der Waals surface area contributed by atoms with E-state index in [1.807, 2.05) is 21.1 Å². The van der Waals surface area contributed by atoms with Gasteiger partial charge in [-0.3, -0.25) is 9.36 Å². The minimum Gasteiger partial charge on any atom is -0.756 e. The number of rotatable bonds is 45. The number of likely N-dealkylation sites (N-methyl/N-ethyl adjacent to an activating group) is 1. The van der Waals surface area contributed by atoms with Crippen LogP contribution in [0.15, 0.2) is 0 Å². The fourth-order valence-electron chi connectivity index (χ4n) is 7.45. The molecule has 336 valence electrons. The highest BCUT2D eigenvalue weighted by Gasteiger charge is 2.24. The van der Waals surface area contributed by atoms with Crippen LogP contribution in [0.1, 0.15) is 245 Å². The lowest BCUT2D eigenvalue weighted by Gasteiger charge is -2.30. The number of carbonyl (C=O) groups is 1. The Labute approximate surface area is 349 Å². The molecular formula is C47H97N2O6P. The van der Waals surface area contributed by atoms with Crippen molar-refractivity contribution in [3.05, 3.63) is 0 Å². The molecule has 0 saturated carbocycles. The second-order valence-electron chi connectivity index (χ2n) is 18.2. The van der Waals surface area contributed by atoms with Crippen molar-refractivity contribution >= 4 is 13.7 Å². The molecule has 56 heavy (non-hydrogen) atoms. The molecule has 3 atom stereocenters. The van der Waals surface area contributed by atoms with E-state index in [0.717, 1.165) is 38.5 Å². The summed E-state index contributed by atoms with van der Waals surface area (Å²) in [4.78, 5) is 25.4. The fourth-order valence-corrected chi connectivity index (χ4v) is 8.18. The first-order valence-corrected chi connectivity index (χ1v) is 25.8. The molecule has 0 aliphatic rings. The highest BCUT2D eigenvalue weighted by atomic mass is 31.2. The monoisotopic (exact) mass is 817 g/mol. The summed E-state index contributed by atoms with van der Waals surface area (Å²) in [5, 5.41) is 13.9. The van der Waals surface area contributed by atoms with Gasteiger partial charge in [0, 0.05) is 6.42 Å². The van der Waals surface area contributed by atoms with E-state index in [-0.39, 0.29) is 19.1 Å². The Kier molecular flexibility index (Phi) is 39.6. The Morgan fingerprint density at radius 2 is 0.875 bits per heavy atom. The van der Waals surface area contributed by atoms with E-state index >= 15 is 0 Å². The number of carbonyl (C=O) groups excluding carboxylic acids is 1. The third-order valence-corrected chi connectivity index (χ3v) is 12.3. The molecule has 0 radical (unpaired) electrons. The molecule has 1 unspecified atom stereocenters. The maximum Gasteiger partial charge on any atom is 0.268 e. The fraction of sp³-hybridized carbons (Fsp3) is 0.979. The molecule has 0 aliphatic heterocycles.